The SMILES string of the molecule is N#Cc1ccc(Nc2cc(Br)ccc2Cl)cc1Cl. The standard InChI is InChI=1S/C13H7BrCl2N2/c14-9-2-4-11(15)13(5-9)18-10-3-1-8(7-17)12(16)6-10/h1-6,18H. The Balaban J connectivity index is 2.32. The van der Waals surface area contributed by atoms with Gasteiger partial charge >= 0.3 is 0 Å². The summed E-state index contributed by atoms with van der Waals surface area (Å²) < 4.78 is 0.925. The lowest BCUT2D eigenvalue weighted by Gasteiger charge is -2.09. The third-order valence-electron chi connectivity index (χ3n) is 2.30. The van der Waals surface area contributed by atoms with Gasteiger partial charge in [0.1, 0.15) is 6.07 Å². The van der Waals surface area contributed by atoms with Crippen molar-refractivity contribution < 1.29 is 0 Å². The molecule has 0 amide bonds. The van der Waals surface area contributed by atoms with Gasteiger partial charge < -0.3 is 5.32 Å². The van der Waals surface area contributed by atoms with Gasteiger partial charge in [0.2, 0.25) is 0 Å². The molecule has 5 heteroatoms. The lowest BCUT2D eigenvalue weighted by Crippen LogP contribution is -1.92. The van der Waals surface area contributed by atoms with Crippen molar-refractivity contribution in [1.29, 1.82) is 5.26 Å². The summed E-state index contributed by atoms with van der Waals surface area (Å²) >= 11 is 15.4. The average Bonchev–Trinajstić information content (AvgIpc) is 2.34. The van der Waals surface area contributed by atoms with Gasteiger partial charge in [-0.15, -0.1) is 0 Å². The first-order valence-corrected chi connectivity index (χ1v) is 6.57. The number of hydrogen-bond acceptors (Lipinski definition) is 2. The molecule has 0 aliphatic heterocycles. The zero-order valence-electron chi connectivity index (χ0n) is 9.05. The molecule has 2 rings (SSSR count). The van der Waals surface area contributed by atoms with E-state index in [1.54, 1.807) is 24.3 Å². The Morgan fingerprint density at radius 1 is 1.06 bits per heavy atom. The molecular weight excluding hydrogens is 335 g/mol. The summed E-state index contributed by atoms with van der Waals surface area (Å²) in [6.45, 7) is 0. The van der Waals surface area contributed by atoms with Gasteiger partial charge in [-0.25, -0.2) is 0 Å². The predicted octanol–water partition coefficient (Wildman–Crippen LogP) is 5.37. The highest BCUT2D eigenvalue weighted by Crippen LogP contribution is 2.30. The van der Waals surface area contributed by atoms with E-state index in [2.05, 4.69) is 21.2 Å². The van der Waals surface area contributed by atoms with Gasteiger partial charge in [0, 0.05) is 10.2 Å². The van der Waals surface area contributed by atoms with Gasteiger partial charge in [-0.2, -0.15) is 5.26 Å². The van der Waals surface area contributed by atoms with Gasteiger partial charge in [-0.3, -0.25) is 0 Å². The Labute approximate surface area is 123 Å². The zero-order chi connectivity index (χ0) is 13.1. The summed E-state index contributed by atoms with van der Waals surface area (Å²) in [6.07, 6.45) is 0. The van der Waals surface area contributed by atoms with Gasteiger partial charge in [0.25, 0.3) is 0 Å². The van der Waals surface area contributed by atoms with Crippen LogP contribution in [0.2, 0.25) is 10.0 Å². The van der Waals surface area contributed by atoms with E-state index in [1.807, 2.05) is 18.2 Å². The number of hydrogen-bond donors (Lipinski definition) is 1. The van der Waals surface area contributed by atoms with Crippen LogP contribution in [0.25, 0.3) is 0 Å². The molecule has 0 aromatic heterocycles. The fourth-order valence-corrected chi connectivity index (χ4v) is 2.18. The fourth-order valence-electron chi connectivity index (χ4n) is 1.43. The third-order valence-corrected chi connectivity index (χ3v) is 3.43. The molecule has 2 nitrogen and oxygen atoms in total. The van der Waals surface area contributed by atoms with Crippen LogP contribution in [0.5, 0.6) is 0 Å². The molecule has 2 aromatic rings. The highest BCUT2D eigenvalue weighted by Gasteiger charge is 2.04. The van der Waals surface area contributed by atoms with Crippen molar-refractivity contribution in [1.82, 2.24) is 0 Å². The third kappa shape index (κ3) is 2.97. The molecule has 0 aliphatic carbocycles. The van der Waals surface area contributed by atoms with Crippen molar-refractivity contribution >= 4 is 50.5 Å². The Bertz CT molecular complexity index is 635. The van der Waals surface area contributed by atoms with Crippen molar-refractivity contribution in [3.8, 4) is 6.07 Å². The molecule has 90 valence electrons. The van der Waals surface area contributed by atoms with Gasteiger partial charge in [-0.1, -0.05) is 39.1 Å². The summed E-state index contributed by atoms with van der Waals surface area (Å²) in [5, 5.41) is 13.0. The normalized spacial score (nSPS) is 9.89. The summed E-state index contributed by atoms with van der Waals surface area (Å²) in [5.41, 5.74) is 1.99. The molecular formula is C13H7BrCl2N2. The van der Waals surface area contributed by atoms with Crippen molar-refractivity contribution in [3.63, 3.8) is 0 Å². The van der Waals surface area contributed by atoms with E-state index in [-0.39, 0.29) is 0 Å². The average molecular weight is 342 g/mol. The number of benzene rings is 2. The lowest BCUT2D eigenvalue weighted by atomic mass is 10.2. The second-order valence-corrected chi connectivity index (χ2v) is 5.29. The maximum atomic E-state index is 8.80. The van der Waals surface area contributed by atoms with Crippen LogP contribution in [0.3, 0.4) is 0 Å². The topological polar surface area (TPSA) is 35.8 Å². The smallest absolute Gasteiger partial charge is 0.101 e. The molecule has 1 N–H and O–H groups in total. The maximum Gasteiger partial charge on any atom is 0.101 e. The molecule has 0 heterocycles. The monoisotopic (exact) mass is 340 g/mol. The number of rotatable bonds is 2. The molecule has 0 radical (unpaired) electrons. The van der Waals surface area contributed by atoms with Crippen LogP contribution in [-0.2, 0) is 0 Å². The fraction of sp³-hybridized carbons (Fsp3) is 0. The summed E-state index contributed by atoms with van der Waals surface area (Å²) in [6, 6.07) is 12.7. The summed E-state index contributed by atoms with van der Waals surface area (Å²) in [5.74, 6) is 0. The largest absolute Gasteiger partial charge is 0.354 e. The van der Waals surface area contributed by atoms with E-state index in [9.17, 15) is 0 Å². The molecule has 0 bridgehead atoms. The number of anilines is 2. The van der Waals surface area contributed by atoms with Crippen molar-refractivity contribution in [2.24, 2.45) is 0 Å². The Hall–Kier alpha value is -1.21. The Morgan fingerprint density at radius 3 is 2.50 bits per heavy atom. The van der Waals surface area contributed by atoms with Crippen LogP contribution in [0.1, 0.15) is 5.56 Å². The summed E-state index contributed by atoms with van der Waals surface area (Å²) in [4.78, 5) is 0. The second-order valence-electron chi connectivity index (χ2n) is 3.56. The van der Waals surface area contributed by atoms with Gasteiger partial charge in [0.05, 0.1) is 21.3 Å². The number of nitrogens with zero attached hydrogens (tertiary/aromatic N) is 1. The zero-order valence-corrected chi connectivity index (χ0v) is 12.1. The Kier molecular flexibility index (Phi) is 4.13. The molecule has 0 saturated heterocycles. The highest BCUT2D eigenvalue weighted by molar-refractivity contribution is 9.10. The molecule has 0 spiro atoms. The van der Waals surface area contributed by atoms with Crippen LogP contribution in [0.15, 0.2) is 40.9 Å². The van der Waals surface area contributed by atoms with Crippen molar-refractivity contribution in [2.75, 3.05) is 5.32 Å². The quantitative estimate of drug-likeness (QED) is 0.796. The molecule has 0 fully saturated rings. The molecule has 0 saturated carbocycles. The minimum Gasteiger partial charge on any atom is -0.354 e. The molecule has 2 aromatic carbocycles. The van der Waals surface area contributed by atoms with Crippen LogP contribution in [0, 0.1) is 11.3 Å². The number of nitrogens with one attached hydrogen (secondary N) is 1. The first-order valence-electron chi connectivity index (χ1n) is 5.02. The van der Waals surface area contributed by atoms with E-state index >= 15 is 0 Å². The van der Waals surface area contributed by atoms with E-state index in [4.69, 9.17) is 28.5 Å². The summed E-state index contributed by atoms with van der Waals surface area (Å²) in [7, 11) is 0. The van der Waals surface area contributed by atoms with Gasteiger partial charge in [-0.05, 0) is 36.4 Å². The first-order chi connectivity index (χ1) is 8.60. The number of halogens is 3. The van der Waals surface area contributed by atoms with Crippen LogP contribution in [-0.4, -0.2) is 0 Å². The van der Waals surface area contributed by atoms with Crippen LogP contribution >= 0.6 is 39.1 Å². The van der Waals surface area contributed by atoms with Crippen LogP contribution in [0.4, 0.5) is 11.4 Å². The minimum absolute atomic E-state index is 0.411. The van der Waals surface area contributed by atoms with Crippen molar-refractivity contribution in [3.05, 3.63) is 56.5 Å². The van der Waals surface area contributed by atoms with Gasteiger partial charge in [0.15, 0.2) is 0 Å². The second kappa shape index (κ2) is 5.62. The maximum absolute atomic E-state index is 8.80. The molecule has 0 atom stereocenters. The van der Waals surface area contributed by atoms with E-state index in [1.165, 1.54) is 0 Å². The van der Waals surface area contributed by atoms with E-state index < -0.39 is 0 Å². The van der Waals surface area contributed by atoms with E-state index in [0.717, 1.165) is 15.8 Å². The molecule has 0 unspecified atom stereocenters. The predicted molar refractivity (Wildman–Crippen MR) is 78.6 cm³/mol. The van der Waals surface area contributed by atoms with E-state index in [0.29, 0.717) is 15.6 Å². The highest BCUT2D eigenvalue weighted by atomic mass is 79.9. The molecule has 0 aliphatic rings. The first kappa shape index (κ1) is 13.2. The van der Waals surface area contributed by atoms with Crippen molar-refractivity contribution in [2.45, 2.75) is 0 Å². The Morgan fingerprint density at radius 2 is 1.83 bits per heavy atom. The van der Waals surface area contributed by atoms with Crippen LogP contribution < -0.4 is 5.32 Å². The minimum atomic E-state index is 0.411. The number of nitriles is 1. The lowest BCUT2D eigenvalue weighted by molar-refractivity contribution is 1.47. The molecule has 18 heavy (non-hydrogen) atoms.